The molecule has 1 atom stereocenters. The third kappa shape index (κ3) is 7.22. The van der Waals surface area contributed by atoms with Gasteiger partial charge in [-0.05, 0) is 57.6 Å². The van der Waals surface area contributed by atoms with Crippen molar-refractivity contribution in [3.05, 3.63) is 33.8 Å². The lowest BCUT2D eigenvalue weighted by molar-refractivity contribution is -0.130. The molecule has 0 saturated carbocycles. The molecule has 5 nitrogen and oxygen atoms in total. The van der Waals surface area contributed by atoms with Crippen LogP contribution in [0.1, 0.15) is 46.2 Å². The zero-order valence-electron chi connectivity index (χ0n) is 15.5. The molecule has 2 amide bonds. The SMILES string of the molecule is CCN(CC)[C@@H](C(=O)NCC(=O)NC(C)(C)C)c1cc(Cl)cc(Cl)c1. The minimum Gasteiger partial charge on any atom is -0.350 e. The van der Waals surface area contributed by atoms with E-state index >= 15 is 0 Å². The topological polar surface area (TPSA) is 61.4 Å². The van der Waals surface area contributed by atoms with E-state index in [4.69, 9.17) is 23.2 Å². The summed E-state index contributed by atoms with van der Waals surface area (Å²) in [6, 6.07) is 4.52. The van der Waals surface area contributed by atoms with E-state index in [0.717, 1.165) is 0 Å². The monoisotopic (exact) mass is 387 g/mol. The Morgan fingerprint density at radius 2 is 1.60 bits per heavy atom. The number of hydrogen-bond donors (Lipinski definition) is 2. The minimum absolute atomic E-state index is 0.0812. The summed E-state index contributed by atoms with van der Waals surface area (Å²) in [6.45, 7) is 10.9. The highest BCUT2D eigenvalue weighted by atomic mass is 35.5. The van der Waals surface area contributed by atoms with Gasteiger partial charge in [-0.3, -0.25) is 14.5 Å². The Morgan fingerprint density at radius 3 is 2.04 bits per heavy atom. The van der Waals surface area contributed by atoms with Crippen LogP contribution in [0.4, 0.5) is 0 Å². The van der Waals surface area contributed by atoms with Gasteiger partial charge < -0.3 is 10.6 Å². The minimum atomic E-state index is -0.561. The standard InChI is InChI=1S/C18H27Cl2N3O2/c1-6-23(7-2)16(12-8-13(19)10-14(20)9-12)17(25)21-11-15(24)22-18(3,4)5/h8-10,16H,6-7,11H2,1-5H3,(H,21,25)(H,22,24)/t16-/m1/s1. The van der Waals surface area contributed by atoms with Crippen LogP contribution in [0, 0.1) is 0 Å². The smallest absolute Gasteiger partial charge is 0.242 e. The first-order chi connectivity index (χ1) is 11.6. The van der Waals surface area contributed by atoms with Gasteiger partial charge in [0.25, 0.3) is 0 Å². The van der Waals surface area contributed by atoms with Crippen molar-refractivity contribution in [1.82, 2.24) is 15.5 Å². The number of carbonyl (C=O) groups excluding carboxylic acids is 2. The van der Waals surface area contributed by atoms with E-state index in [1.165, 1.54) is 0 Å². The number of amides is 2. The average molecular weight is 388 g/mol. The van der Waals surface area contributed by atoms with Crippen molar-refractivity contribution < 1.29 is 9.59 Å². The van der Waals surface area contributed by atoms with E-state index in [1.807, 2.05) is 39.5 Å². The van der Waals surface area contributed by atoms with Gasteiger partial charge in [-0.25, -0.2) is 0 Å². The van der Waals surface area contributed by atoms with Crippen LogP contribution in [0.3, 0.4) is 0 Å². The molecule has 2 N–H and O–H groups in total. The van der Waals surface area contributed by atoms with Crippen LogP contribution in [0.2, 0.25) is 10.0 Å². The van der Waals surface area contributed by atoms with Crippen molar-refractivity contribution in [3.63, 3.8) is 0 Å². The fraction of sp³-hybridized carbons (Fsp3) is 0.556. The number of halogens is 2. The Morgan fingerprint density at radius 1 is 1.08 bits per heavy atom. The second-order valence-corrected chi connectivity index (χ2v) is 7.72. The van der Waals surface area contributed by atoms with Gasteiger partial charge >= 0.3 is 0 Å². The molecule has 0 aliphatic carbocycles. The highest BCUT2D eigenvalue weighted by Crippen LogP contribution is 2.27. The number of likely N-dealkylation sites (N-methyl/N-ethyl adjacent to an activating group) is 1. The Labute approximate surface area is 160 Å². The Balaban J connectivity index is 2.96. The van der Waals surface area contributed by atoms with Gasteiger partial charge in [0.05, 0.1) is 6.54 Å². The van der Waals surface area contributed by atoms with Gasteiger partial charge in [0.1, 0.15) is 6.04 Å². The van der Waals surface area contributed by atoms with Gasteiger partial charge in [-0.2, -0.15) is 0 Å². The molecular formula is C18H27Cl2N3O2. The number of benzene rings is 1. The van der Waals surface area contributed by atoms with Crippen molar-refractivity contribution >= 4 is 35.0 Å². The van der Waals surface area contributed by atoms with E-state index < -0.39 is 6.04 Å². The molecule has 0 saturated heterocycles. The summed E-state index contributed by atoms with van der Waals surface area (Å²) in [5.74, 6) is -0.491. The van der Waals surface area contributed by atoms with Crippen LogP contribution in [0.25, 0.3) is 0 Å². The average Bonchev–Trinajstić information content (AvgIpc) is 2.47. The summed E-state index contributed by atoms with van der Waals surface area (Å²) in [4.78, 5) is 26.7. The second-order valence-electron chi connectivity index (χ2n) is 6.84. The van der Waals surface area contributed by atoms with E-state index in [2.05, 4.69) is 10.6 Å². The molecule has 0 aliphatic rings. The largest absolute Gasteiger partial charge is 0.350 e. The number of nitrogens with zero attached hydrogens (tertiary/aromatic N) is 1. The number of carbonyl (C=O) groups is 2. The Kier molecular flexibility index (Phi) is 8.19. The van der Waals surface area contributed by atoms with Gasteiger partial charge in [0.2, 0.25) is 11.8 Å². The lowest BCUT2D eigenvalue weighted by atomic mass is 10.0. The number of nitrogens with one attached hydrogen (secondary N) is 2. The van der Waals surface area contributed by atoms with E-state index in [9.17, 15) is 9.59 Å². The molecule has 1 aromatic carbocycles. The fourth-order valence-corrected chi connectivity index (χ4v) is 3.12. The summed E-state index contributed by atoms with van der Waals surface area (Å²) in [5, 5.41) is 6.47. The molecule has 140 valence electrons. The van der Waals surface area contributed by atoms with Crippen LogP contribution in [0.5, 0.6) is 0 Å². The van der Waals surface area contributed by atoms with E-state index in [0.29, 0.717) is 28.7 Å². The molecule has 1 rings (SSSR count). The Bertz CT molecular complexity index is 591. The molecule has 0 radical (unpaired) electrons. The van der Waals surface area contributed by atoms with Crippen molar-refractivity contribution in [2.45, 2.75) is 46.2 Å². The quantitative estimate of drug-likeness (QED) is 0.753. The molecule has 0 aliphatic heterocycles. The molecule has 0 unspecified atom stereocenters. The van der Waals surface area contributed by atoms with Crippen LogP contribution >= 0.6 is 23.2 Å². The third-order valence-electron chi connectivity index (χ3n) is 3.56. The molecule has 1 aromatic rings. The van der Waals surface area contributed by atoms with Crippen molar-refractivity contribution in [1.29, 1.82) is 0 Å². The van der Waals surface area contributed by atoms with Crippen LogP contribution < -0.4 is 10.6 Å². The zero-order chi connectivity index (χ0) is 19.2. The molecule has 7 heteroatoms. The summed E-state index contributed by atoms with van der Waals surface area (Å²) in [7, 11) is 0. The van der Waals surface area contributed by atoms with Crippen molar-refractivity contribution in [2.24, 2.45) is 0 Å². The van der Waals surface area contributed by atoms with E-state index in [1.54, 1.807) is 18.2 Å². The van der Waals surface area contributed by atoms with Crippen molar-refractivity contribution in [3.8, 4) is 0 Å². The van der Waals surface area contributed by atoms with Gasteiger partial charge in [-0.15, -0.1) is 0 Å². The maximum Gasteiger partial charge on any atom is 0.242 e. The maximum atomic E-state index is 12.8. The summed E-state index contributed by atoms with van der Waals surface area (Å²) in [6.07, 6.45) is 0. The molecule has 0 heterocycles. The molecule has 25 heavy (non-hydrogen) atoms. The highest BCUT2D eigenvalue weighted by Gasteiger charge is 2.27. The molecule has 0 bridgehead atoms. The first-order valence-corrected chi connectivity index (χ1v) is 9.11. The molecule has 0 fully saturated rings. The van der Waals surface area contributed by atoms with Gasteiger partial charge in [0.15, 0.2) is 0 Å². The number of rotatable bonds is 7. The van der Waals surface area contributed by atoms with E-state index in [-0.39, 0.29) is 23.9 Å². The zero-order valence-corrected chi connectivity index (χ0v) is 17.0. The lowest BCUT2D eigenvalue weighted by Gasteiger charge is -2.29. The van der Waals surface area contributed by atoms with Crippen LogP contribution in [-0.4, -0.2) is 41.9 Å². The predicted octanol–water partition coefficient (Wildman–Crippen LogP) is 3.41. The third-order valence-corrected chi connectivity index (χ3v) is 4.00. The second kappa shape index (κ2) is 9.41. The summed E-state index contributed by atoms with van der Waals surface area (Å²) >= 11 is 12.2. The maximum absolute atomic E-state index is 12.8. The first kappa shape index (κ1) is 21.7. The highest BCUT2D eigenvalue weighted by molar-refractivity contribution is 6.34. The van der Waals surface area contributed by atoms with Gasteiger partial charge in [0, 0.05) is 15.6 Å². The summed E-state index contributed by atoms with van der Waals surface area (Å²) < 4.78 is 0. The van der Waals surface area contributed by atoms with Crippen LogP contribution in [0.15, 0.2) is 18.2 Å². The Hall–Kier alpha value is -1.30. The van der Waals surface area contributed by atoms with Crippen molar-refractivity contribution in [2.75, 3.05) is 19.6 Å². The predicted molar refractivity (Wildman–Crippen MR) is 103 cm³/mol. The molecule has 0 aromatic heterocycles. The van der Waals surface area contributed by atoms with Gasteiger partial charge in [-0.1, -0.05) is 37.0 Å². The first-order valence-electron chi connectivity index (χ1n) is 8.36. The normalized spacial score (nSPS) is 12.8. The lowest BCUT2D eigenvalue weighted by Crippen LogP contribution is -2.48. The molecular weight excluding hydrogens is 361 g/mol. The fourth-order valence-electron chi connectivity index (χ4n) is 2.58. The molecule has 0 spiro atoms. The summed E-state index contributed by atoms with van der Waals surface area (Å²) in [5.41, 5.74) is 0.357. The number of hydrogen-bond acceptors (Lipinski definition) is 3. The van der Waals surface area contributed by atoms with Crippen LogP contribution in [-0.2, 0) is 9.59 Å².